The van der Waals surface area contributed by atoms with Crippen LogP contribution in [0.15, 0.2) is 36.4 Å². The van der Waals surface area contributed by atoms with E-state index in [2.05, 4.69) is 15.9 Å². The van der Waals surface area contributed by atoms with Gasteiger partial charge in [0.25, 0.3) is 0 Å². The lowest BCUT2D eigenvalue weighted by atomic mass is 10.0. The van der Waals surface area contributed by atoms with Crippen molar-refractivity contribution in [2.75, 3.05) is 0 Å². The van der Waals surface area contributed by atoms with Crippen molar-refractivity contribution in [3.63, 3.8) is 0 Å². The molecule has 0 saturated heterocycles. The number of halogens is 5. The highest BCUT2D eigenvalue weighted by Crippen LogP contribution is 2.34. The normalized spacial score (nSPS) is 12.5. The van der Waals surface area contributed by atoms with Crippen LogP contribution >= 0.6 is 27.5 Å². The molecule has 0 amide bonds. The van der Waals surface area contributed by atoms with Gasteiger partial charge in [0.1, 0.15) is 5.82 Å². The first-order valence-corrected chi connectivity index (χ1v) is 6.81. The van der Waals surface area contributed by atoms with Crippen LogP contribution in [0.5, 0.6) is 0 Å². The van der Waals surface area contributed by atoms with E-state index in [1.807, 2.05) is 0 Å². The number of alkyl halides is 1. The number of hydrogen-bond acceptors (Lipinski definition) is 0. The van der Waals surface area contributed by atoms with Crippen LogP contribution < -0.4 is 0 Å². The monoisotopic (exact) mass is 348 g/mol. The van der Waals surface area contributed by atoms with Gasteiger partial charge in [-0.25, -0.2) is 13.2 Å². The third-order valence-corrected chi connectivity index (χ3v) is 3.97. The van der Waals surface area contributed by atoms with E-state index in [9.17, 15) is 13.2 Å². The number of hydrogen-bond donors (Lipinski definition) is 0. The van der Waals surface area contributed by atoms with Crippen LogP contribution in [0.4, 0.5) is 13.2 Å². The predicted molar refractivity (Wildman–Crippen MR) is 73.1 cm³/mol. The van der Waals surface area contributed by atoms with Gasteiger partial charge in [-0.3, -0.25) is 0 Å². The van der Waals surface area contributed by atoms with Crippen LogP contribution in [0.2, 0.25) is 5.02 Å². The van der Waals surface area contributed by atoms with Gasteiger partial charge in [-0.2, -0.15) is 0 Å². The molecule has 2 aromatic carbocycles. The van der Waals surface area contributed by atoms with Gasteiger partial charge in [-0.05, 0) is 29.7 Å². The van der Waals surface area contributed by atoms with Crippen molar-refractivity contribution in [3.05, 3.63) is 70.0 Å². The van der Waals surface area contributed by atoms with Crippen molar-refractivity contribution in [1.82, 2.24) is 0 Å². The van der Waals surface area contributed by atoms with Crippen molar-refractivity contribution in [1.29, 1.82) is 0 Å². The second-order valence-electron chi connectivity index (χ2n) is 4.03. The zero-order chi connectivity index (χ0) is 14.0. The minimum atomic E-state index is -0.900. The van der Waals surface area contributed by atoms with Gasteiger partial charge < -0.3 is 0 Å². The highest BCUT2D eigenvalue weighted by atomic mass is 79.9. The molecule has 19 heavy (non-hydrogen) atoms. The number of benzene rings is 2. The summed E-state index contributed by atoms with van der Waals surface area (Å²) >= 11 is 9.18. The molecule has 0 N–H and O–H groups in total. The average molecular weight is 350 g/mol. The summed E-state index contributed by atoms with van der Waals surface area (Å²) in [6.07, 6.45) is 0.173. The van der Waals surface area contributed by atoms with Crippen molar-refractivity contribution in [2.45, 2.75) is 11.2 Å². The third kappa shape index (κ3) is 3.12. The SMILES string of the molecule is Fc1cccc(CC(Br)c2cccc(F)c2Cl)c1F. The Hall–Kier alpha value is -1.00. The second kappa shape index (κ2) is 5.97. The molecule has 0 spiro atoms. The zero-order valence-corrected chi connectivity index (χ0v) is 12.0. The molecule has 2 rings (SSSR count). The van der Waals surface area contributed by atoms with Gasteiger partial charge in [0.15, 0.2) is 11.6 Å². The first-order valence-electron chi connectivity index (χ1n) is 5.51. The molecule has 0 radical (unpaired) electrons. The molecule has 0 aliphatic rings. The Kier molecular flexibility index (Phi) is 4.53. The third-order valence-electron chi connectivity index (χ3n) is 2.75. The maximum Gasteiger partial charge on any atom is 0.162 e. The smallest absolute Gasteiger partial charge is 0.162 e. The molecule has 100 valence electrons. The van der Waals surface area contributed by atoms with E-state index in [1.165, 1.54) is 24.3 Å². The van der Waals surface area contributed by atoms with E-state index in [4.69, 9.17) is 11.6 Å². The minimum Gasteiger partial charge on any atom is -0.205 e. The maximum atomic E-state index is 13.6. The van der Waals surface area contributed by atoms with Gasteiger partial charge >= 0.3 is 0 Å². The molecular formula is C14H9BrClF3. The minimum absolute atomic E-state index is 0.0128. The Balaban J connectivity index is 2.28. The summed E-state index contributed by atoms with van der Waals surface area (Å²) in [6, 6.07) is 8.38. The molecule has 1 atom stereocenters. The fourth-order valence-corrected chi connectivity index (χ4v) is 2.89. The fourth-order valence-electron chi connectivity index (χ4n) is 1.77. The number of rotatable bonds is 3. The Morgan fingerprint density at radius 2 is 1.63 bits per heavy atom. The van der Waals surface area contributed by atoms with E-state index >= 15 is 0 Å². The standard InChI is InChI=1S/C14H9BrClF3/c15-10(9-4-2-5-11(17)13(9)16)7-8-3-1-6-12(18)14(8)19/h1-6,10H,7H2. The molecule has 5 heteroatoms. The Labute approximate surface area is 122 Å². The van der Waals surface area contributed by atoms with Crippen molar-refractivity contribution >= 4 is 27.5 Å². The van der Waals surface area contributed by atoms with Crippen LogP contribution in [0.3, 0.4) is 0 Å². The summed E-state index contributed by atoms with van der Waals surface area (Å²) in [5, 5.41) is -0.0128. The van der Waals surface area contributed by atoms with Crippen LogP contribution in [0.1, 0.15) is 16.0 Å². The molecule has 0 bridgehead atoms. The average Bonchev–Trinajstić information content (AvgIpc) is 2.38. The molecule has 2 aromatic rings. The largest absolute Gasteiger partial charge is 0.205 e. The van der Waals surface area contributed by atoms with Crippen LogP contribution in [-0.4, -0.2) is 0 Å². The molecule has 0 aliphatic carbocycles. The van der Waals surface area contributed by atoms with Gasteiger partial charge in [0.05, 0.1) is 5.02 Å². The van der Waals surface area contributed by atoms with Crippen molar-refractivity contribution in [3.8, 4) is 0 Å². The van der Waals surface area contributed by atoms with E-state index in [-0.39, 0.29) is 17.0 Å². The Morgan fingerprint density at radius 3 is 2.37 bits per heavy atom. The molecule has 0 aromatic heterocycles. The summed E-state index contributed by atoms with van der Waals surface area (Å²) in [4.78, 5) is -0.396. The first-order chi connectivity index (χ1) is 9.00. The lowest BCUT2D eigenvalue weighted by Gasteiger charge is -2.13. The topological polar surface area (TPSA) is 0 Å². The van der Waals surface area contributed by atoms with Crippen LogP contribution in [0, 0.1) is 17.5 Å². The van der Waals surface area contributed by atoms with E-state index < -0.39 is 22.3 Å². The molecule has 0 nitrogen and oxygen atoms in total. The summed E-state index contributed by atoms with van der Waals surface area (Å²) in [7, 11) is 0. The van der Waals surface area contributed by atoms with Gasteiger partial charge in [-0.1, -0.05) is 51.8 Å². The van der Waals surface area contributed by atoms with E-state index in [0.717, 1.165) is 6.07 Å². The van der Waals surface area contributed by atoms with Gasteiger partial charge in [-0.15, -0.1) is 0 Å². The highest BCUT2D eigenvalue weighted by Gasteiger charge is 2.17. The lowest BCUT2D eigenvalue weighted by molar-refractivity contribution is 0.498. The second-order valence-corrected chi connectivity index (χ2v) is 5.51. The summed E-state index contributed by atoms with van der Waals surface area (Å²) in [5.41, 5.74) is 0.715. The van der Waals surface area contributed by atoms with Crippen molar-refractivity contribution < 1.29 is 13.2 Å². The van der Waals surface area contributed by atoms with E-state index in [1.54, 1.807) is 6.07 Å². The molecular weight excluding hydrogens is 341 g/mol. The molecule has 0 aliphatic heterocycles. The first kappa shape index (κ1) is 14.4. The zero-order valence-electron chi connectivity index (χ0n) is 9.64. The highest BCUT2D eigenvalue weighted by molar-refractivity contribution is 9.09. The Morgan fingerprint density at radius 1 is 1.00 bits per heavy atom. The molecule has 0 fully saturated rings. The Bertz CT molecular complexity index is 601. The van der Waals surface area contributed by atoms with Crippen LogP contribution in [-0.2, 0) is 6.42 Å². The molecule has 0 heterocycles. The lowest BCUT2D eigenvalue weighted by Crippen LogP contribution is -2.01. The van der Waals surface area contributed by atoms with Crippen LogP contribution in [0.25, 0.3) is 0 Å². The molecule has 1 unspecified atom stereocenters. The summed E-state index contributed by atoms with van der Waals surface area (Å²) in [6.45, 7) is 0. The summed E-state index contributed by atoms with van der Waals surface area (Å²) in [5.74, 6) is -2.33. The predicted octanol–water partition coefficient (Wildman–Crippen LogP) is 5.44. The van der Waals surface area contributed by atoms with Gasteiger partial charge in [0, 0.05) is 4.83 Å². The van der Waals surface area contributed by atoms with Crippen molar-refractivity contribution in [2.24, 2.45) is 0 Å². The quantitative estimate of drug-likeness (QED) is 0.648. The maximum absolute atomic E-state index is 13.6. The van der Waals surface area contributed by atoms with E-state index in [0.29, 0.717) is 5.56 Å². The summed E-state index contributed by atoms with van der Waals surface area (Å²) < 4.78 is 40.0. The van der Waals surface area contributed by atoms with Gasteiger partial charge in [0.2, 0.25) is 0 Å². The molecule has 0 saturated carbocycles. The fraction of sp³-hybridized carbons (Fsp3) is 0.143.